The molecule has 2 aromatic rings. The van der Waals surface area contributed by atoms with Crippen molar-refractivity contribution in [2.24, 2.45) is 10.7 Å². The summed E-state index contributed by atoms with van der Waals surface area (Å²) < 4.78 is 87.2. The minimum absolute atomic E-state index is 0.00135. The van der Waals surface area contributed by atoms with E-state index in [0.717, 1.165) is 0 Å². The summed E-state index contributed by atoms with van der Waals surface area (Å²) in [6.07, 6.45) is 2.66. The van der Waals surface area contributed by atoms with E-state index >= 15 is 0 Å². The summed E-state index contributed by atoms with van der Waals surface area (Å²) in [7, 11) is -3.98. The van der Waals surface area contributed by atoms with Crippen molar-refractivity contribution in [2.45, 2.75) is 69.3 Å². The van der Waals surface area contributed by atoms with Gasteiger partial charge in [-0.15, -0.1) is 0 Å². The summed E-state index contributed by atoms with van der Waals surface area (Å²) in [5.41, 5.74) is 7.20. The monoisotopic (exact) mass is 1040 g/mol. The average Bonchev–Trinajstić information content (AvgIpc) is 3.52. The van der Waals surface area contributed by atoms with Crippen LogP contribution in [0.4, 0.5) is 5.69 Å². The molecule has 3 rings (SSSR count). The number of esters is 1. The van der Waals surface area contributed by atoms with Crippen molar-refractivity contribution in [3.05, 3.63) is 59.2 Å². The number of fused-ring (bicyclic) bond motifs is 1. The number of sulfone groups is 1. The number of rotatable bonds is 41. The number of benzene rings is 2. The van der Waals surface area contributed by atoms with E-state index in [0.29, 0.717) is 162 Å². The summed E-state index contributed by atoms with van der Waals surface area (Å²) in [4.78, 5) is 47.4. The fraction of sp³-hybridized carbons (Fsp3) is 0.640. The summed E-state index contributed by atoms with van der Waals surface area (Å²) >= 11 is 0. The Bertz CT molecular complexity index is 2020. The van der Waals surface area contributed by atoms with Gasteiger partial charge in [0.25, 0.3) is 11.8 Å². The maximum absolute atomic E-state index is 13.6. The van der Waals surface area contributed by atoms with Crippen LogP contribution in [0.5, 0.6) is 0 Å². The van der Waals surface area contributed by atoms with Gasteiger partial charge < -0.3 is 63.2 Å². The van der Waals surface area contributed by atoms with Crippen LogP contribution >= 0.6 is 0 Å². The lowest BCUT2D eigenvalue weighted by atomic mass is 10.1. The number of hydrogen-bond donors (Lipinski definition) is 2. The van der Waals surface area contributed by atoms with Crippen LogP contribution in [-0.2, 0) is 76.4 Å². The first kappa shape index (κ1) is 61.9. The number of hydrogen-bond acceptors (Lipinski definition) is 19. The van der Waals surface area contributed by atoms with E-state index in [4.69, 9.17) is 62.7 Å². The molecule has 2 aromatic carbocycles. The van der Waals surface area contributed by atoms with E-state index < -0.39 is 15.4 Å². The van der Waals surface area contributed by atoms with Gasteiger partial charge in [0.2, 0.25) is 9.84 Å². The van der Waals surface area contributed by atoms with E-state index in [1.807, 2.05) is 27.7 Å². The largest absolute Gasteiger partial charge is 0.460 e. The summed E-state index contributed by atoms with van der Waals surface area (Å²) in [6, 6.07) is 10.1. The molecule has 0 radical (unpaired) electrons. The van der Waals surface area contributed by atoms with Crippen LogP contribution < -0.4 is 11.1 Å². The molecule has 0 spiro atoms. The lowest BCUT2D eigenvalue weighted by molar-refractivity contribution is -0.180. The molecule has 406 valence electrons. The highest BCUT2D eigenvalue weighted by Crippen LogP contribution is 2.32. The molecule has 1 aliphatic rings. The van der Waals surface area contributed by atoms with Gasteiger partial charge in [0, 0.05) is 36.2 Å². The lowest BCUT2D eigenvalue weighted by Crippen LogP contribution is -2.34. The number of amides is 2. The maximum Gasteiger partial charge on any atom is 0.308 e. The van der Waals surface area contributed by atoms with Crippen LogP contribution in [0.3, 0.4) is 0 Å². The Kier molecular flexibility index (Phi) is 31.4. The third-order valence-electron chi connectivity index (χ3n) is 9.67. The van der Waals surface area contributed by atoms with Gasteiger partial charge in [-0.05, 0) is 76.6 Å². The molecule has 72 heavy (non-hydrogen) atoms. The second-order valence-corrected chi connectivity index (χ2v) is 18.7. The summed E-state index contributed by atoms with van der Waals surface area (Å²) in [6.45, 7) is 18.5. The first-order valence-electron chi connectivity index (χ1n) is 24.5. The Morgan fingerprint density at radius 2 is 1.08 bits per heavy atom. The van der Waals surface area contributed by atoms with E-state index in [1.54, 1.807) is 19.1 Å². The fourth-order valence-corrected chi connectivity index (χ4v) is 7.59. The highest BCUT2D eigenvalue weighted by atomic mass is 32.2. The number of nitrogens with one attached hydrogen (secondary N) is 1. The Hall–Kier alpha value is -4.43. The van der Waals surface area contributed by atoms with Gasteiger partial charge in [-0.25, -0.2) is 18.5 Å². The molecular formula is C50H78N4O17S. The first-order chi connectivity index (χ1) is 34.7. The maximum atomic E-state index is 13.6. The molecule has 1 heterocycles. The van der Waals surface area contributed by atoms with Gasteiger partial charge in [-0.1, -0.05) is 13.0 Å². The van der Waals surface area contributed by atoms with Gasteiger partial charge in [0.05, 0.1) is 161 Å². The molecular weight excluding hydrogens is 961 g/mol. The Morgan fingerprint density at radius 3 is 1.53 bits per heavy atom. The Labute approximate surface area is 425 Å². The van der Waals surface area contributed by atoms with Crippen LogP contribution in [0.2, 0.25) is 0 Å². The van der Waals surface area contributed by atoms with E-state index in [9.17, 15) is 22.8 Å². The Balaban J connectivity index is 1.10. The number of nitrogens with two attached hydrogens (primary N) is 1. The highest BCUT2D eigenvalue weighted by molar-refractivity contribution is 7.91. The molecule has 0 aromatic heterocycles. The van der Waals surface area contributed by atoms with Crippen LogP contribution in [0.15, 0.2) is 62.8 Å². The molecule has 2 amide bonds. The number of hydroxylamine groups is 2. The number of ether oxygens (including phenoxy) is 11. The van der Waals surface area contributed by atoms with E-state index in [2.05, 4.69) is 10.3 Å². The molecule has 21 nitrogen and oxygen atoms in total. The van der Waals surface area contributed by atoms with Gasteiger partial charge in [0.1, 0.15) is 11.4 Å². The summed E-state index contributed by atoms with van der Waals surface area (Å²) in [5, 5.41) is 4.06. The predicted molar refractivity (Wildman–Crippen MR) is 267 cm³/mol. The normalized spacial score (nSPS) is 12.7. The minimum Gasteiger partial charge on any atom is -0.460 e. The van der Waals surface area contributed by atoms with E-state index in [1.165, 1.54) is 41.5 Å². The fourth-order valence-electron chi connectivity index (χ4n) is 6.31. The van der Waals surface area contributed by atoms with Crippen LogP contribution in [0.25, 0.3) is 6.08 Å². The lowest BCUT2D eigenvalue weighted by Gasteiger charge is -2.21. The zero-order valence-corrected chi connectivity index (χ0v) is 43.6. The minimum atomic E-state index is -3.98. The molecule has 22 heteroatoms. The zero-order chi connectivity index (χ0) is 52.3. The molecule has 1 aliphatic heterocycles. The van der Waals surface area contributed by atoms with Crippen LogP contribution in [0, 0.1) is 0 Å². The van der Waals surface area contributed by atoms with E-state index in [-0.39, 0.29) is 65.0 Å². The predicted octanol–water partition coefficient (Wildman–Crippen LogP) is 4.11. The van der Waals surface area contributed by atoms with Crippen molar-refractivity contribution in [1.29, 1.82) is 0 Å². The first-order valence-corrected chi connectivity index (χ1v) is 26.0. The third kappa shape index (κ3) is 26.5. The highest BCUT2D eigenvalue weighted by Gasteiger charge is 2.24. The third-order valence-corrected chi connectivity index (χ3v) is 11.4. The standard InChI is InChI=1S/C50H78N4O17S/c1-6-16-54(70-7-2)49(57)42-37-41-10-13-44(39-45(41)53-46(51)38-42)72(58,59)43-11-8-40(9-12-43)48(56)52-15-18-61-20-22-63-24-26-65-28-30-67-32-34-69-36-35-68-33-31-66-29-27-64-25-23-62-21-19-60-17-14-47(55)71-50(3,4)5/h8-13,37,39H,6-7,14-36,38H2,1-5H3,(H2,51,53)(H,52,56). The summed E-state index contributed by atoms with van der Waals surface area (Å²) in [5.74, 6) is -0.816. The molecule has 3 N–H and O–H groups in total. The second-order valence-electron chi connectivity index (χ2n) is 16.7. The topological polar surface area (TPSA) is 250 Å². The van der Waals surface area contributed by atoms with Crippen molar-refractivity contribution < 1.29 is 79.7 Å². The number of amidine groups is 1. The molecule has 0 atom stereocenters. The number of aliphatic imine (C=N–C) groups is 1. The Morgan fingerprint density at radius 1 is 0.639 bits per heavy atom. The molecule has 0 bridgehead atoms. The second kappa shape index (κ2) is 36.5. The molecule has 0 saturated heterocycles. The quantitative estimate of drug-likeness (QED) is 0.0540. The van der Waals surface area contributed by atoms with Gasteiger partial charge in [0.15, 0.2) is 0 Å². The van der Waals surface area contributed by atoms with Crippen LogP contribution in [0.1, 0.15) is 69.8 Å². The molecule has 0 fully saturated rings. The van der Waals surface area contributed by atoms with Gasteiger partial charge in [-0.2, -0.15) is 0 Å². The van der Waals surface area contributed by atoms with Gasteiger partial charge in [-0.3, -0.25) is 19.2 Å². The average molecular weight is 1040 g/mol. The van der Waals surface area contributed by atoms with Crippen molar-refractivity contribution in [2.75, 3.05) is 152 Å². The van der Waals surface area contributed by atoms with Gasteiger partial charge >= 0.3 is 5.97 Å². The van der Waals surface area contributed by atoms with Crippen molar-refractivity contribution in [3.8, 4) is 0 Å². The smallest absolute Gasteiger partial charge is 0.308 e. The van der Waals surface area contributed by atoms with Crippen molar-refractivity contribution in [3.63, 3.8) is 0 Å². The number of nitrogens with zero attached hydrogens (tertiary/aromatic N) is 2. The molecule has 0 saturated carbocycles. The molecule has 0 aliphatic carbocycles. The molecule has 0 unspecified atom stereocenters. The SMILES string of the molecule is CCCN(OCC)C(=O)C1=Cc2ccc(S(=O)(=O)c3ccc(C(=O)NCCOCCOCCOCCOCCOCCOCCOCCOCCOCCOCCC(=O)OC(C)(C)C)cc3)cc2N=C(N)C1. The number of carbonyl (C=O) groups is 3. The number of carbonyl (C=O) groups excluding carboxylic acids is 3. The van der Waals surface area contributed by atoms with Crippen molar-refractivity contribution >= 4 is 45.2 Å². The zero-order valence-electron chi connectivity index (χ0n) is 42.8. The van der Waals surface area contributed by atoms with Crippen LogP contribution in [-0.4, -0.2) is 195 Å². The van der Waals surface area contributed by atoms with Crippen molar-refractivity contribution in [1.82, 2.24) is 10.4 Å².